The van der Waals surface area contributed by atoms with E-state index in [4.69, 9.17) is 4.52 Å². The van der Waals surface area contributed by atoms with Gasteiger partial charge in [-0.25, -0.2) is 0 Å². The van der Waals surface area contributed by atoms with Gasteiger partial charge in [0, 0.05) is 5.56 Å². The molecule has 0 aliphatic carbocycles. The van der Waals surface area contributed by atoms with Crippen LogP contribution in [0.15, 0.2) is 89.5 Å². The van der Waals surface area contributed by atoms with E-state index in [9.17, 15) is 0 Å². The second kappa shape index (κ2) is 8.84. The summed E-state index contributed by atoms with van der Waals surface area (Å²) in [5.74, 6) is 1.69. The molecule has 4 heteroatoms. The number of hydrogen-bond donors (Lipinski definition) is 1. The van der Waals surface area contributed by atoms with Gasteiger partial charge in [0.25, 0.3) is 0 Å². The molecule has 1 aromatic heterocycles. The number of nitrogens with one attached hydrogen (secondary N) is 1. The summed E-state index contributed by atoms with van der Waals surface area (Å²) in [5.41, 5.74) is 4.66. The molecule has 0 spiro atoms. The lowest BCUT2D eigenvalue weighted by atomic mass is 9.99. The monoisotopic (exact) mass is 383 g/mol. The van der Waals surface area contributed by atoms with Crippen molar-refractivity contribution in [1.82, 2.24) is 15.5 Å². The van der Waals surface area contributed by atoms with Gasteiger partial charge in [-0.3, -0.25) is 5.32 Å². The topological polar surface area (TPSA) is 51.0 Å². The van der Waals surface area contributed by atoms with Crippen LogP contribution >= 0.6 is 0 Å². The van der Waals surface area contributed by atoms with Crippen LogP contribution in [0, 0.1) is 0 Å². The Kier molecular flexibility index (Phi) is 5.82. The predicted octanol–water partition coefficient (Wildman–Crippen LogP) is 5.74. The first-order chi connectivity index (χ1) is 14.2. The third-order valence-corrected chi connectivity index (χ3v) is 5.03. The predicted molar refractivity (Wildman–Crippen MR) is 115 cm³/mol. The van der Waals surface area contributed by atoms with Gasteiger partial charge in [-0.1, -0.05) is 104 Å². The molecule has 0 atom stereocenters. The zero-order chi connectivity index (χ0) is 20.1. The maximum atomic E-state index is 5.50. The van der Waals surface area contributed by atoms with Crippen molar-refractivity contribution in [2.45, 2.75) is 32.4 Å². The second-order valence-corrected chi connectivity index (χ2v) is 7.42. The van der Waals surface area contributed by atoms with Gasteiger partial charge in [0.1, 0.15) is 0 Å². The minimum absolute atomic E-state index is 0.0538. The third kappa shape index (κ3) is 4.61. The van der Waals surface area contributed by atoms with Crippen molar-refractivity contribution in [3.8, 4) is 11.4 Å². The van der Waals surface area contributed by atoms with Gasteiger partial charge in [0.05, 0.1) is 12.6 Å². The van der Waals surface area contributed by atoms with Crippen molar-refractivity contribution in [3.05, 3.63) is 108 Å². The normalized spacial score (nSPS) is 11.3. The van der Waals surface area contributed by atoms with E-state index in [0.29, 0.717) is 24.2 Å². The van der Waals surface area contributed by atoms with Crippen LogP contribution in [0.5, 0.6) is 0 Å². The van der Waals surface area contributed by atoms with Crippen LogP contribution in [-0.2, 0) is 6.54 Å². The lowest BCUT2D eigenvalue weighted by Gasteiger charge is -2.18. The molecule has 29 heavy (non-hydrogen) atoms. The van der Waals surface area contributed by atoms with Gasteiger partial charge in [-0.05, 0) is 22.6 Å². The molecule has 1 N–H and O–H groups in total. The Bertz CT molecular complexity index is 985. The third-order valence-electron chi connectivity index (χ3n) is 5.03. The first-order valence-electron chi connectivity index (χ1n) is 9.97. The van der Waals surface area contributed by atoms with E-state index in [1.54, 1.807) is 0 Å². The molecule has 0 radical (unpaired) electrons. The molecule has 0 saturated carbocycles. The van der Waals surface area contributed by atoms with E-state index in [1.165, 1.54) is 16.7 Å². The molecule has 4 rings (SSSR count). The lowest BCUT2D eigenvalue weighted by molar-refractivity contribution is 0.363. The Labute approximate surface area is 171 Å². The summed E-state index contributed by atoms with van der Waals surface area (Å²) in [5, 5.41) is 7.72. The fourth-order valence-corrected chi connectivity index (χ4v) is 3.37. The van der Waals surface area contributed by atoms with Crippen molar-refractivity contribution in [1.29, 1.82) is 0 Å². The van der Waals surface area contributed by atoms with E-state index in [1.807, 2.05) is 24.3 Å². The molecule has 1 heterocycles. The molecule has 3 aromatic carbocycles. The average molecular weight is 383 g/mol. The summed E-state index contributed by atoms with van der Waals surface area (Å²) in [6.45, 7) is 4.86. The van der Waals surface area contributed by atoms with Crippen molar-refractivity contribution >= 4 is 0 Å². The molecular formula is C25H25N3O. The Balaban J connectivity index is 1.50. The summed E-state index contributed by atoms with van der Waals surface area (Å²) < 4.78 is 5.50. The van der Waals surface area contributed by atoms with Crippen molar-refractivity contribution < 1.29 is 4.52 Å². The van der Waals surface area contributed by atoms with Gasteiger partial charge in [-0.15, -0.1) is 0 Å². The van der Waals surface area contributed by atoms with E-state index < -0.39 is 0 Å². The Morgan fingerprint density at radius 1 is 0.759 bits per heavy atom. The van der Waals surface area contributed by atoms with Crippen molar-refractivity contribution in [2.24, 2.45) is 0 Å². The molecule has 146 valence electrons. The Morgan fingerprint density at radius 3 is 1.90 bits per heavy atom. The van der Waals surface area contributed by atoms with Gasteiger partial charge in [0.2, 0.25) is 11.7 Å². The molecular weight excluding hydrogens is 358 g/mol. The van der Waals surface area contributed by atoms with Crippen molar-refractivity contribution in [3.63, 3.8) is 0 Å². The summed E-state index contributed by atoms with van der Waals surface area (Å²) >= 11 is 0. The van der Waals surface area contributed by atoms with Crippen LogP contribution < -0.4 is 5.32 Å². The summed E-state index contributed by atoms with van der Waals surface area (Å²) in [7, 11) is 0. The molecule has 0 saturated heterocycles. The smallest absolute Gasteiger partial charge is 0.240 e. The molecule has 0 amide bonds. The van der Waals surface area contributed by atoms with Gasteiger partial charge in [-0.2, -0.15) is 4.98 Å². The highest BCUT2D eigenvalue weighted by atomic mass is 16.5. The number of rotatable bonds is 7. The first kappa shape index (κ1) is 19.1. The van der Waals surface area contributed by atoms with Gasteiger partial charge < -0.3 is 4.52 Å². The van der Waals surface area contributed by atoms with Crippen LogP contribution in [0.4, 0.5) is 0 Å². The largest absolute Gasteiger partial charge is 0.338 e. The summed E-state index contributed by atoms with van der Waals surface area (Å²) in [6.07, 6.45) is 0. The number of nitrogens with zero attached hydrogens (tertiary/aromatic N) is 2. The fourth-order valence-electron chi connectivity index (χ4n) is 3.37. The molecule has 0 aliphatic heterocycles. The average Bonchev–Trinajstić information content (AvgIpc) is 3.24. The Morgan fingerprint density at radius 2 is 1.34 bits per heavy atom. The quantitative estimate of drug-likeness (QED) is 0.442. The van der Waals surface area contributed by atoms with Crippen LogP contribution in [0.1, 0.15) is 48.4 Å². The van der Waals surface area contributed by atoms with E-state index in [-0.39, 0.29) is 6.04 Å². The number of benzene rings is 3. The van der Waals surface area contributed by atoms with Crippen LogP contribution in [-0.4, -0.2) is 10.1 Å². The number of aromatic nitrogens is 2. The summed E-state index contributed by atoms with van der Waals surface area (Å²) in [6, 6.07) is 29.2. The zero-order valence-corrected chi connectivity index (χ0v) is 16.7. The van der Waals surface area contributed by atoms with Crippen LogP contribution in [0.25, 0.3) is 11.4 Å². The lowest BCUT2D eigenvalue weighted by Crippen LogP contribution is -2.22. The maximum Gasteiger partial charge on any atom is 0.240 e. The molecule has 4 aromatic rings. The second-order valence-electron chi connectivity index (χ2n) is 7.42. The highest BCUT2D eigenvalue weighted by molar-refractivity contribution is 5.54. The van der Waals surface area contributed by atoms with Crippen molar-refractivity contribution in [2.75, 3.05) is 0 Å². The first-order valence-corrected chi connectivity index (χ1v) is 9.97. The molecule has 0 bridgehead atoms. The maximum absolute atomic E-state index is 5.50. The number of hydrogen-bond acceptors (Lipinski definition) is 4. The van der Waals surface area contributed by atoms with E-state index in [2.05, 4.69) is 90.0 Å². The molecule has 4 nitrogen and oxygen atoms in total. The van der Waals surface area contributed by atoms with Crippen LogP contribution in [0.3, 0.4) is 0 Å². The summed E-state index contributed by atoms with van der Waals surface area (Å²) in [4.78, 5) is 4.57. The van der Waals surface area contributed by atoms with Gasteiger partial charge >= 0.3 is 0 Å². The molecule has 0 aliphatic rings. The SMILES string of the molecule is CC(C)c1ccc(-c2noc(CNC(c3ccccc3)c3ccccc3)n2)cc1. The minimum atomic E-state index is 0.0538. The highest BCUT2D eigenvalue weighted by Gasteiger charge is 2.15. The van der Waals surface area contributed by atoms with E-state index in [0.717, 1.165) is 5.56 Å². The fraction of sp³-hybridized carbons (Fsp3) is 0.200. The minimum Gasteiger partial charge on any atom is -0.338 e. The standard InChI is InChI=1S/C25H25N3O/c1-18(2)19-13-15-22(16-14-19)25-27-23(29-28-25)17-26-24(20-9-5-3-6-10-20)21-11-7-4-8-12-21/h3-16,18,24,26H,17H2,1-2H3. The van der Waals surface area contributed by atoms with E-state index >= 15 is 0 Å². The highest BCUT2D eigenvalue weighted by Crippen LogP contribution is 2.23. The zero-order valence-electron chi connectivity index (χ0n) is 16.7. The van der Waals surface area contributed by atoms with Crippen LogP contribution in [0.2, 0.25) is 0 Å². The van der Waals surface area contributed by atoms with Gasteiger partial charge in [0.15, 0.2) is 0 Å². The molecule has 0 fully saturated rings. The Hall–Kier alpha value is -3.24. The molecule has 0 unspecified atom stereocenters.